The predicted molar refractivity (Wildman–Crippen MR) is 60.9 cm³/mol. The molecule has 0 saturated heterocycles. The summed E-state index contributed by atoms with van der Waals surface area (Å²) >= 11 is 1.85. The number of rotatable bonds is 5. The zero-order valence-corrected chi connectivity index (χ0v) is 9.45. The van der Waals surface area contributed by atoms with Crippen LogP contribution in [-0.2, 0) is 0 Å². The van der Waals surface area contributed by atoms with Gasteiger partial charge in [-0.1, -0.05) is 0 Å². The predicted octanol–water partition coefficient (Wildman–Crippen LogP) is 0.557. The highest BCUT2D eigenvalue weighted by atomic mass is 32.2. The molecule has 0 aliphatic rings. The Morgan fingerprint density at radius 1 is 1.62 bits per heavy atom. The molecule has 0 aromatic rings. The van der Waals surface area contributed by atoms with E-state index in [4.69, 9.17) is 5.84 Å². The van der Waals surface area contributed by atoms with Crippen molar-refractivity contribution in [1.29, 1.82) is 0 Å². The summed E-state index contributed by atoms with van der Waals surface area (Å²) in [6.07, 6.45) is 3.22. The Kier molecular flexibility index (Phi) is 7.93. The first-order valence-corrected chi connectivity index (χ1v) is 5.90. The summed E-state index contributed by atoms with van der Waals surface area (Å²) in [4.78, 5) is 4.15. The number of hydrogen-bond acceptors (Lipinski definition) is 3. The maximum Gasteiger partial charge on any atom is 0.205 e. The molecule has 1 unspecified atom stereocenters. The van der Waals surface area contributed by atoms with Gasteiger partial charge in [-0.25, -0.2) is 5.84 Å². The molecule has 0 aromatic carbocycles. The number of nitrogens with one attached hydrogen (secondary N) is 2. The number of hydrazine groups is 1. The van der Waals surface area contributed by atoms with E-state index < -0.39 is 0 Å². The zero-order valence-electron chi connectivity index (χ0n) is 8.63. The quantitative estimate of drug-likeness (QED) is 0.265. The van der Waals surface area contributed by atoms with Crippen molar-refractivity contribution < 1.29 is 0 Å². The second kappa shape index (κ2) is 8.19. The van der Waals surface area contributed by atoms with Gasteiger partial charge in [0.2, 0.25) is 5.96 Å². The first-order valence-electron chi connectivity index (χ1n) is 4.51. The Labute approximate surface area is 84.7 Å². The molecule has 78 valence electrons. The van der Waals surface area contributed by atoms with Crippen LogP contribution in [0, 0.1) is 0 Å². The summed E-state index contributed by atoms with van der Waals surface area (Å²) in [5.74, 6) is 7.12. The third-order valence-electron chi connectivity index (χ3n) is 1.59. The zero-order chi connectivity index (χ0) is 10.1. The van der Waals surface area contributed by atoms with Crippen LogP contribution in [0.3, 0.4) is 0 Å². The van der Waals surface area contributed by atoms with Gasteiger partial charge >= 0.3 is 0 Å². The number of hydrogen-bond donors (Lipinski definition) is 3. The van der Waals surface area contributed by atoms with Crippen LogP contribution in [0.25, 0.3) is 0 Å². The molecule has 5 heteroatoms. The van der Waals surface area contributed by atoms with Gasteiger partial charge in [-0.15, -0.1) is 0 Å². The van der Waals surface area contributed by atoms with Gasteiger partial charge in [-0.05, 0) is 32.3 Å². The Hall–Kier alpha value is -0.420. The first kappa shape index (κ1) is 12.6. The molecule has 0 aliphatic heterocycles. The standard InChI is InChI=1S/C8H20N4S/c1-4-10-8(12-9)11-7(2)5-6-13-3/h7H,4-6,9H2,1-3H3,(H2,10,11,12). The lowest BCUT2D eigenvalue weighted by molar-refractivity contribution is 0.630. The van der Waals surface area contributed by atoms with Crippen molar-refractivity contribution in [2.45, 2.75) is 26.3 Å². The summed E-state index contributed by atoms with van der Waals surface area (Å²) in [6.45, 7) is 4.84. The molecule has 4 nitrogen and oxygen atoms in total. The molecule has 0 rings (SSSR count). The van der Waals surface area contributed by atoms with Gasteiger partial charge in [0.1, 0.15) is 0 Å². The van der Waals surface area contributed by atoms with Crippen molar-refractivity contribution in [3.05, 3.63) is 0 Å². The maximum atomic E-state index is 5.29. The molecule has 1 atom stereocenters. The van der Waals surface area contributed by atoms with Gasteiger partial charge in [-0.3, -0.25) is 10.4 Å². The van der Waals surface area contributed by atoms with E-state index in [-0.39, 0.29) is 0 Å². The van der Waals surface area contributed by atoms with Gasteiger partial charge in [0, 0.05) is 12.6 Å². The van der Waals surface area contributed by atoms with Crippen LogP contribution < -0.4 is 16.6 Å². The molecule has 0 saturated carbocycles. The highest BCUT2D eigenvalue weighted by Gasteiger charge is 2.02. The molecule has 0 heterocycles. The number of nitrogens with two attached hydrogens (primary N) is 1. The molecular weight excluding hydrogens is 184 g/mol. The van der Waals surface area contributed by atoms with Crippen molar-refractivity contribution in [2.75, 3.05) is 18.6 Å². The fraction of sp³-hybridized carbons (Fsp3) is 0.875. The monoisotopic (exact) mass is 204 g/mol. The minimum Gasteiger partial charge on any atom is -0.353 e. The third kappa shape index (κ3) is 6.72. The van der Waals surface area contributed by atoms with Crippen LogP contribution in [0.2, 0.25) is 0 Å². The molecule has 0 spiro atoms. The van der Waals surface area contributed by atoms with Crippen molar-refractivity contribution in [2.24, 2.45) is 10.8 Å². The molecule has 0 aliphatic carbocycles. The van der Waals surface area contributed by atoms with Gasteiger partial charge in [-0.2, -0.15) is 11.8 Å². The van der Waals surface area contributed by atoms with Crippen molar-refractivity contribution >= 4 is 17.7 Å². The van der Waals surface area contributed by atoms with E-state index in [0.717, 1.165) is 18.7 Å². The molecule has 0 aromatic heterocycles. The SMILES string of the molecule is CCN=C(NN)NC(C)CCSC. The molecule has 0 fully saturated rings. The molecule has 0 bridgehead atoms. The normalized spacial score (nSPS) is 14.0. The van der Waals surface area contributed by atoms with Crippen molar-refractivity contribution in [3.63, 3.8) is 0 Å². The lowest BCUT2D eigenvalue weighted by atomic mass is 10.3. The fourth-order valence-electron chi connectivity index (χ4n) is 0.891. The maximum absolute atomic E-state index is 5.29. The molecule has 0 amide bonds. The summed E-state index contributed by atoms with van der Waals surface area (Å²) in [6, 6.07) is 0.411. The fourth-order valence-corrected chi connectivity index (χ4v) is 1.48. The lowest BCUT2D eigenvalue weighted by Crippen LogP contribution is -2.45. The molecule has 0 radical (unpaired) electrons. The molecule has 13 heavy (non-hydrogen) atoms. The number of guanidine groups is 1. The molecular formula is C8H20N4S. The Balaban J connectivity index is 3.73. The number of nitrogens with zero attached hydrogens (tertiary/aromatic N) is 1. The summed E-state index contributed by atoms with van der Waals surface area (Å²) in [7, 11) is 0. The van der Waals surface area contributed by atoms with Crippen LogP contribution >= 0.6 is 11.8 Å². The van der Waals surface area contributed by atoms with Gasteiger partial charge < -0.3 is 5.32 Å². The molecule has 4 N–H and O–H groups in total. The van der Waals surface area contributed by atoms with E-state index in [2.05, 4.69) is 28.9 Å². The number of aliphatic imine (C=N–C) groups is 1. The average Bonchev–Trinajstić information content (AvgIpc) is 2.14. The van der Waals surface area contributed by atoms with Crippen LogP contribution in [0.1, 0.15) is 20.3 Å². The van der Waals surface area contributed by atoms with Crippen LogP contribution in [0.5, 0.6) is 0 Å². The van der Waals surface area contributed by atoms with Gasteiger partial charge in [0.05, 0.1) is 0 Å². The second-order valence-electron chi connectivity index (χ2n) is 2.79. The van der Waals surface area contributed by atoms with Crippen molar-refractivity contribution in [3.8, 4) is 0 Å². The van der Waals surface area contributed by atoms with E-state index in [1.807, 2.05) is 18.7 Å². The topological polar surface area (TPSA) is 62.4 Å². The minimum atomic E-state index is 0.411. The van der Waals surface area contributed by atoms with Crippen LogP contribution in [-0.4, -0.2) is 30.6 Å². The van der Waals surface area contributed by atoms with Crippen LogP contribution in [0.4, 0.5) is 0 Å². The van der Waals surface area contributed by atoms with Crippen molar-refractivity contribution in [1.82, 2.24) is 10.7 Å². The Morgan fingerprint density at radius 3 is 2.77 bits per heavy atom. The smallest absolute Gasteiger partial charge is 0.205 e. The summed E-state index contributed by atoms with van der Waals surface area (Å²) in [5, 5.41) is 3.20. The van der Waals surface area contributed by atoms with E-state index >= 15 is 0 Å². The van der Waals surface area contributed by atoms with E-state index in [0.29, 0.717) is 12.0 Å². The summed E-state index contributed by atoms with van der Waals surface area (Å²) < 4.78 is 0. The number of thioether (sulfide) groups is 1. The lowest BCUT2D eigenvalue weighted by Gasteiger charge is -2.15. The Bertz CT molecular complexity index is 149. The second-order valence-corrected chi connectivity index (χ2v) is 3.78. The van der Waals surface area contributed by atoms with E-state index in [1.54, 1.807) is 0 Å². The summed E-state index contributed by atoms with van der Waals surface area (Å²) in [5.41, 5.74) is 2.54. The van der Waals surface area contributed by atoms with Gasteiger partial charge in [0.25, 0.3) is 0 Å². The van der Waals surface area contributed by atoms with Gasteiger partial charge in [0.15, 0.2) is 0 Å². The highest BCUT2D eigenvalue weighted by Crippen LogP contribution is 1.99. The highest BCUT2D eigenvalue weighted by molar-refractivity contribution is 7.98. The minimum absolute atomic E-state index is 0.411. The Morgan fingerprint density at radius 2 is 2.31 bits per heavy atom. The third-order valence-corrected chi connectivity index (χ3v) is 2.24. The van der Waals surface area contributed by atoms with Crippen LogP contribution in [0.15, 0.2) is 4.99 Å². The average molecular weight is 204 g/mol. The first-order chi connectivity index (χ1) is 6.24. The largest absolute Gasteiger partial charge is 0.353 e. The van der Waals surface area contributed by atoms with E-state index in [1.165, 1.54) is 0 Å². The van der Waals surface area contributed by atoms with E-state index in [9.17, 15) is 0 Å².